The van der Waals surface area contributed by atoms with E-state index in [0.29, 0.717) is 0 Å². The van der Waals surface area contributed by atoms with E-state index >= 15 is 0 Å². The van der Waals surface area contributed by atoms with E-state index in [1.807, 2.05) is 0 Å². The van der Waals surface area contributed by atoms with Crippen molar-refractivity contribution >= 4 is 11.5 Å². The van der Waals surface area contributed by atoms with Crippen LogP contribution in [0.1, 0.15) is 12.8 Å². The maximum atomic E-state index is 10.9. The number of hydrogen-bond donors (Lipinski definition) is 0. The van der Waals surface area contributed by atoms with Gasteiger partial charge in [0.1, 0.15) is 11.3 Å². The number of benzene rings is 1. The highest BCUT2D eigenvalue weighted by atomic mass is 16.6. The molecule has 0 atom stereocenters. The van der Waals surface area contributed by atoms with Gasteiger partial charge in [-0.05, 0) is 13.0 Å². The Morgan fingerprint density at radius 2 is 2.17 bits per heavy atom. The van der Waals surface area contributed by atoms with Crippen molar-refractivity contribution in [3.63, 3.8) is 0 Å². The zero-order valence-corrected chi connectivity index (χ0v) is 9.49. The van der Waals surface area contributed by atoms with Crippen molar-refractivity contribution in [2.24, 2.45) is 0 Å². The van der Waals surface area contributed by atoms with Crippen molar-refractivity contribution in [2.45, 2.75) is 13.3 Å². The maximum Gasteiger partial charge on any atom is 0.280 e. The molecule has 0 bridgehead atoms. The molecule has 18 heavy (non-hydrogen) atoms. The molecule has 2 rings (SSSR count). The lowest BCUT2D eigenvalue weighted by Crippen LogP contribution is -1.96. The number of nitrogens with zero attached hydrogens (tertiary/aromatic N) is 3. The van der Waals surface area contributed by atoms with E-state index in [1.54, 1.807) is 12.1 Å². The smallest absolute Gasteiger partial charge is 0.280 e. The molecule has 7 heteroatoms. The molecule has 0 aliphatic rings. The number of ketones is 1. The van der Waals surface area contributed by atoms with Crippen LogP contribution in [-0.2, 0) is 11.2 Å². The normalized spacial score (nSPS) is 10.3. The van der Waals surface area contributed by atoms with Crippen molar-refractivity contribution in [1.29, 1.82) is 0 Å². The average molecular weight is 247 g/mol. The van der Waals surface area contributed by atoms with Gasteiger partial charge in [-0.1, -0.05) is 17.3 Å². The van der Waals surface area contributed by atoms with Crippen LogP contribution < -0.4 is 0 Å². The molecule has 1 aromatic carbocycles. The van der Waals surface area contributed by atoms with Gasteiger partial charge in [-0.3, -0.25) is 14.9 Å². The van der Waals surface area contributed by atoms with Gasteiger partial charge in [0.15, 0.2) is 0 Å². The Labute approximate surface area is 102 Å². The summed E-state index contributed by atoms with van der Waals surface area (Å²) in [5.74, 6) is 0.141. The molecule has 0 radical (unpaired) electrons. The Kier molecular flexibility index (Phi) is 3.13. The fraction of sp³-hybridized carbons (Fsp3) is 0.182. The van der Waals surface area contributed by atoms with E-state index < -0.39 is 4.92 Å². The van der Waals surface area contributed by atoms with Crippen LogP contribution in [0.25, 0.3) is 11.4 Å². The van der Waals surface area contributed by atoms with E-state index in [4.69, 9.17) is 4.52 Å². The summed E-state index contributed by atoms with van der Waals surface area (Å²) in [7, 11) is 0. The third-order valence-corrected chi connectivity index (χ3v) is 2.21. The lowest BCUT2D eigenvalue weighted by molar-refractivity contribution is -0.384. The molecule has 0 N–H and O–H groups in total. The Morgan fingerprint density at radius 3 is 2.83 bits per heavy atom. The highest BCUT2D eigenvalue weighted by Crippen LogP contribution is 2.26. The minimum absolute atomic E-state index is 0.0215. The second-order valence-corrected chi connectivity index (χ2v) is 3.66. The number of nitro benzene ring substituents is 1. The van der Waals surface area contributed by atoms with Gasteiger partial charge in [0.05, 0.1) is 11.3 Å². The van der Waals surface area contributed by atoms with Crippen LogP contribution in [0.2, 0.25) is 0 Å². The molecule has 7 nitrogen and oxygen atoms in total. The highest BCUT2D eigenvalue weighted by molar-refractivity contribution is 5.77. The van der Waals surface area contributed by atoms with Gasteiger partial charge >= 0.3 is 0 Å². The molecular formula is C11H9N3O4. The Balaban J connectivity index is 2.40. The number of nitro groups is 1. The predicted molar refractivity (Wildman–Crippen MR) is 60.8 cm³/mol. The Hall–Kier alpha value is -2.57. The van der Waals surface area contributed by atoms with Gasteiger partial charge in [-0.25, -0.2) is 0 Å². The molecule has 92 valence electrons. The lowest BCUT2D eigenvalue weighted by Gasteiger charge is -1.96. The zero-order valence-electron chi connectivity index (χ0n) is 9.49. The first kappa shape index (κ1) is 11.9. The fourth-order valence-corrected chi connectivity index (χ4v) is 1.47. The highest BCUT2D eigenvalue weighted by Gasteiger charge is 2.19. The number of carbonyl (C=O) groups excluding carboxylic acids is 1. The standard InChI is InChI=1S/C11H9N3O4/c1-7(15)6-10-12-11(13-18-10)8-4-2-3-5-9(8)14(16)17/h2-5H,6H2,1H3. The van der Waals surface area contributed by atoms with E-state index in [-0.39, 0.29) is 35.2 Å². The van der Waals surface area contributed by atoms with Crippen molar-refractivity contribution in [3.8, 4) is 11.4 Å². The van der Waals surface area contributed by atoms with Gasteiger partial charge in [-0.2, -0.15) is 4.98 Å². The monoisotopic (exact) mass is 247 g/mol. The largest absolute Gasteiger partial charge is 0.338 e. The third kappa shape index (κ3) is 2.40. The van der Waals surface area contributed by atoms with Crippen LogP contribution in [0, 0.1) is 10.1 Å². The molecule has 0 unspecified atom stereocenters. The number of aromatic nitrogens is 2. The lowest BCUT2D eigenvalue weighted by atomic mass is 10.2. The van der Waals surface area contributed by atoms with E-state index in [1.165, 1.54) is 19.1 Å². The minimum atomic E-state index is -0.518. The van der Waals surface area contributed by atoms with Crippen LogP contribution >= 0.6 is 0 Å². The summed E-state index contributed by atoms with van der Waals surface area (Å²) in [4.78, 5) is 25.2. The zero-order chi connectivity index (χ0) is 13.1. The van der Waals surface area contributed by atoms with Gasteiger partial charge in [0, 0.05) is 6.07 Å². The number of para-hydroxylation sites is 1. The molecule has 0 amide bonds. The third-order valence-electron chi connectivity index (χ3n) is 2.21. The first-order valence-corrected chi connectivity index (χ1v) is 5.13. The summed E-state index contributed by atoms with van der Waals surface area (Å²) in [5.41, 5.74) is 0.161. The second kappa shape index (κ2) is 4.74. The molecule has 0 aliphatic heterocycles. The molecule has 2 aromatic rings. The van der Waals surface area contributed by atoms with Crippen LogP contribution in [0.3, 0.4) is 0 Å². The number of carbonyl (C=O) groups is 1. The van der Waals surface area contributed by atoms with Crippen LogP contribution in [0.5, 0.6) is 0 Å². The molecule has 0 fully saturated rings. The minimum Gasteiger partial charge on any atom is -0.338 e. The topological polar surface area (TPSA) is 99.1 Å². The van der Waals surface area contributed by atoms with Gasteiger partial charge in [0.25, 0.3) is 5.69 Å². The number of rotatable bonds is 4. The summed E-state index contributed by atoms with van der Waals surface area (Å²) in [6, 6.07) is 6.08. The Bertz CT molecular complexity index is 606. The molecular weight excluding hydrogens is 238 g/mol. The predicted octanol–water partition coefficient (Wildman–Crippen LogP) is 1.78. The van der Waals surface area contributed by atoms with Gasteiger partial charge < -0.3 is 4.52 Å². The Morgan fingerprint density at radius 1 is 1.44 bits per heavy atom. The summed E-state index contributed by atoms with van der Waals surface area (Å²) in [6.07, 6.45) is 0.0215. The van der Waals surface area contributed by atoms with E-state index in [0.717, 1.165) is 0 Å². The first-order chi connectivity index (χ1) is 8.58. The number of hydrogen-bond acceptors (Lipinski definition) is 6. The first-order valence-electron chi connectivity index (χ1n) is 5.13. The van der Waals surface area contributed by atoms with Crippen LogP contribution in [0.15, 0.2) is 28.8 Å². The maximum absolute atomic E-state index is 10.9. The van der Waals surface area contributed by atoms with Crippen molar-refractivity contribution < 1.29 is 14.2 Å². The van der Waals surface area contributed by atoms with Crippen LogP contribution in [0.4, 0.5) is 5.69 Å². The average Bonchev–Trinajstić information content (AvgIpc) is 2.76. The van der Waals surface area contributed by atoms with Gasteiger partial charge in [-0.15, -0.1) is 0 Å². The summed E-state index contributed by atoms with van der Waals surface area (Å²) in [5, 5.41) is 14.5. The van der Waals surface area contributed by atoms with E-state index in [9.17, 15) is 14.9 Å². The van der Waals surface area contributed by atoms with Crippen molar-refractivity contribution in [3.05, 3.63) is 40.3 Å². The quantitative estimate of drug-likeness (QED) is 0.603. The molecule has 0 saturated heterocycles. The summed E-state index contributed by atoms with van der Waals surface area (Å²) in [6.45, 7) is 1.40. The van der Waals surface area contributed by atoms with Crippen molar-refractivity contribution in [1.82, 2.24) is 10.1 Å². The SMILES string of the molecule is CC(=O)Cc1nc(-c2ccccc2[N+](=O)[O-])no1. The fourth-order valence-electron chi connectivity index (χ4n) is 1.47. The number of Topliss-reactive ketones (excluding diaryl/α,β-unsaturated/α-hetero) is 1. The second-order valence-electron chi connectivity index (χ2n) is 3.66. The van der Waals surface area contributed by atoms with Crippen LogP contribution in [-0.4, -0.2) is 20.8 Å². The summed E-state index contributed by atoms with van der Waals surface area (Å²) < 4.78 is 4.86. The van der Waals surface area contributed by atoms with Gasteiger partial charge in [0.2, 0.25) is 11.7 Å². The molecule has 0 spiro atoms. The molecule has 1 aromatic heterocycles. The van der Waals surface area contributed by atoms with E-state index in [2.05, 4.69) is 10.1 Å². The molecule has 0 saturated carbocycles. The molecule has 0 aliphatic carbocycles. The van der Waals surface area contributed by atoms with Crippen molar-refractivity contribution in [2.75, 3.05) is 0 Å². The molecule has 1 heterocycles. The summed E-state index contributed by atoms with van der Waals surface area (Å²) >= 11 is 0.